The number of carbonyl (C=O) groups is 3. The molecule has 0 saturated carbocycles. The predicted octanol–water partition coefficient (Wildman–Crippen LogP) is 3.70. The van der Waals surface area contributed by atoms with Gasteiger partial charge in [0.05, 0.1) is 0 Å². The van der Waals surface area contributed by atoms with E-state index in [1.165, 1.54) is 6.08 Å². The Morgan fingerprint density at radius 3 is 2.09 bits per heavy atom. The Morgan fingerprint density at radius 2 is 1.53 bits per heavy atom. The van der Waals surface area contributed by atoms with Crippen LogP contribution in [0.4, 0.5) is 4.79 Å². The van der Waals surface area contributed by atoms with Crippen LogP contribution in [0.2, 0.25) is 0 Å². The van der Waals surface area contributed by atoms with Gasteiger partial charge in [0, 0.05) is 18.5 Å². The number of nitrogens with one attached hydrogen (secondary N) is 2. The summed E-state index contributed by atoms with van der Waals surface area (Å²) in [4.78, 5) is 36.3. The van der Waals surface area contributed by atoms with Crippen LogP contribution in [-0.2, 0) is 27.4 Å². The van der Waals surface area contributed by atoms with Gasteiger partial charge < -0.3 is 20.5 Å². The van der Waals surface area contributed by atoms with Gasteiger partial charge in [0.25, 0.3) is 0 Å². The highest BCUT2D eigenvalue weighted by Gasteiger charge is 2.24. The van der Waals surface area contributed by atoms with Gasteiger partial charge in [-0.2, -0.15) is 0 Å². The van der Waals surface area contributed by atoms with E-state index in [4.69, 9.17) is 9.84 Å². The number of amides is 2. The van der Waals surface area contributed by atoms with Crippen LogP contribution < -0.4 is 10.6 Å². The summed E-state index contributed by atoms with van der Waals surface area (Å²) in [5.74, 6) is -1.27. The molecular formula is C25H30N2O5. The topological polar surface area (TPSA) is 105 Å². The van der Waals surface area contributed by atoms with Crippen molar-refractivity contribution in [2.45, 2.75) is 45.4 Å². The van der Waals surface area contributed by atoms with Crippen molar-refractivity contribution in [1.82, 2.24) is 10.6 Å². The van der Waals surface area contributed by atoms with E-state index >= 15 is 0 Å². The van der Waals surface area contributed by atoms with Crippen LogP contribution in [-0.4, -0.2) is 35.2 Å². The zero-order valence-corrected chi connectivity index (χ0v) is 18.4. The third-order valence-corrected chi connectivity index (χ3v) is 4.63. The molecule has 0 aliphatic carbocycles. The Balaban J connectivity index is 2.08. The second-order valence-corrected chi connectivity index (χ2v) is 7.89. The molecule has 0 saturated heterocycles. The standard InChI is InChI=1S/C25H30N2O5/c1-18(2)15-21(13-14-23(28)29)26-24(30)22(16-19-9-5-3-6-10-19)27-25(31)32-17-20-11-7-4-8-12-20/h3-14,18,21-22H,15-17H2,1-2H3,(H,26,30)(H,27,31)(H,28,29)/t21-,22+/m1/s1. The number of benzene rings is 2. The molecule has 2 amide bonds. The lowest BCUT2D eigenvalue weighted by Gasteiger charge is -2.23. The maximum absolute atomic E-state index is 13.0. The average Bonchev–Trinajstić information content (AvgIpc) is 2.76. The largest absolute Gasteiger partial charge is 0.478 e. The molecule has 0 heterocycles. The zero-order valence-electron chi connectivity index (χ0n) is 18.4. The Bertz CT molecular complexity index is 897. The molecule has 0 aliphatic rings. The molecule has 2 rings (SSSR count). The fourth-order valence-corrected chi connectivity index (χ4v) is 3.14. The zero-order chi connectivity index (χ0) is 23.3. The smallest absolute Gasteiger partial charge is 0.408 e. The van der Waals surface area contributed by atoms with Gasteiger partial charge in [-0.25, -0.2) is 9.59 Å². The Hall–Kier alpha value is -3.61. The Kier molecular flexibility index (Phi) is 9.97. The minimum Gasteiger partial charge on any atom is -0.478 e. The fraction of sp³-hybridized carbons (Fsp3) is 0.320. The second kappa shape index (κ2) is 12.9. The summed E-state index contributed by atoms with van der Waals surface area (Å²) < 4.78 is 5.27. The number of ether oxygens (including phenoxy) is 1. The predicted molar refractivity (Wildman–Crippen MR) is 122 cm³/mol. The minimum absolute atomic E-state index is 0.0870. The van der Waals surface area contributed by atoms with Gasteiger partial charge in [-0.05, 0) is 23.5 Å². The van der Waals surface area contributed by atoms with Crippen LogP contribution in [0.25, 0.3) is 0 Å². The number of aliphatic carboxylic acids is 1. The van der Waals surface area contributed by atoms with Crippen molar-refractivity contribution in [3.8, 4) is 0 Å². The van der Waals surface area contributed by atoms with Crippen molar-refractivity contribution in [2.75, 3.05) is 0 Å². The highest BCUT2D eigenvalue weighted by molar-refractivity contribution is 5.86. The van der Waals surface area contributed by atoms with Crippen molar-refractivity contribution < 1.29 is 24.2 Å². The number of hydrogen-bond acceptors (Lipinski definition) is 4. The molecular weight excluding hydrogens is 408 g/mol. The lowest BCUT2D eigenvalue weighted by atomic mass is 10.0. The molecule has 0 unspecified atom stereocenters. The van der Waals surface area contributed by atoms with Crippen molar-refractivity contribution >= 4 is 18.0 Å². The van der Waals surface area contributed by atoms with Gasteiger partial charge in [0.2, 0.25) is 5.91 Å². The first-order chi connectivity index (χ1) is 15.3. The van der Waals surface area contributed by atoms with E-state index in [9.17, 15) is 14.4 Å². The van der Waals surface area contributed by atoms with Crippen molar-refractivity contribution in [2.24, 2.45) is 5.92 Å². The fourth-order valence-electron chi connectivity index (χ4n) is 3.14. The summed E-state index contributed by atoms with van der Waals surface area (Å²) in [6.45, 7) is 4.05. The molecule has 0 aliphatic heterocycles. The van der Waals surface area contributed by atoms with E-state index in [1.54, 1.807) is 0 Å². The summed E-state index contributed by atoms with van der Waals surface area (Å²) in [7, 11) is 0. The molecule has 3 N–H and O–H groups in total. The number of carboxylic acids is 1. The lowest BCUT2D eigenvalue weighted by Crippen LogP contribution is -2.50. The van der Waals surface area contributed by atoms with Crippen LogP contribution in [0.1, 0.15) is 31.4 Å². The van der Waals surface area contributed by atoms with Crippen LogP contribution in [0.15, 0.2) is 72.8 Å². The van der Waals surface area contributed by atoms with Crippen LogP contribution >= 0.6 is 0 Å². The maximum Gasteiger partial charge on any atom is 0.408 e. The van der Waals surface area contributed by atoms with Crippen LogP contribution in [0, 0.1) is 5.92 Å². The summed E-state index contributed by atoms with van der Waals surface area (Å²) >= 11 is 0. The molecule has 2 aromatic carbocycles. The second-order valence-electron chi connectivity index (χ2n) is 7.89. The molecule has 0 radical (unpaired) electrons. The number of rotatable bonds is 11. The van der Waals surface area contributed by atoms with E-state index in [0.717, 1.165) is 17.2 Å². The highest BCUT2D eigenvalue weighted by atomic mass is 16.5. The number of carboxylic acid groups (broad SMARTS) is 1. The van der Waals surface area contributed by atoms with E-state index < -0.39 is 30.1 Å². The molecule has 0 spiro atoms. The van der Waals surface area contributed by atoms with E-state index in [2.05, 4.69) is 10.6 Å². The molecule has 0 aromatic heterocycles. The van der Waals surface area contributed by atoms with Crippen LogP contribution in [0.5, 0.6) is 0 Å². The van der Waals surface area contributed by atoms with Gasteiger partial charge in [-0.15, -0.1) is 0 Å². The third-order valence-electron chi connectivity index (χ3n) is 4.63. The molecule has 7 heteroatoms. The van der Waals surface area contributed by atoms with Crippen LogP contribution in [0.3, 0.4) is 0 Å². The van der Waals surface area contributed by atoms with E-state index in [0.29, 0.717) is 6.42 Å². The van der Waals surface area contributed by atoms with Gasteiger partial charge >= 0.3 is 12.1 Å². The number of carbonyl (C=O) groups excluding carboxylic acids is 2. The first kappa shape index (κ1) is 24.7. The van der Waals surface area contributed by atoms with E-state index in [1.807, 2.05) is 74.5 Å². The Morgan fingerprint density at radius 1 is 0.938 bits per heavy atom. The molecule has 32 heavy (non-hydrogen) atoms. The Labute approximate surface area is 188 Å². The van der Waals surface area contributed by atoms with Gasteiger partial charge in [-0.3, -0.25) is 4.79 Å². The van der Waals surface area contributed by atoms with Gasteiger partial charge in [-0.1, -0.05) is 80.6 Å². The molecule has 2 aromatic rings. The quantitative estimate of drug-likeness (QED) is 0.464. The third kappa shape index (κ3) is 9.47. The average molecular weight is 439 g/mol. The highest BCUT2D eigenvalue weighted by Crippen LogP contribution is 2.09. The normalized spacial score (nSPS) is 12.8. The molecule has 2 atom stereocenters. The van der Waals surface area contributed by atoms with Crippen molar-refractivity contribution in [3.05, 3.63) is 83.9 Å². The first-order valence-corrected chi connectivity index (χ1v) is 10.6. The lowest BCUT2D eigenvalue weighted by molar-refractivity contribution is -0.131. The number of alkyl carbamates (subject to hydrolysis) is 1. The summed E-state index contributed by atoms with van der Waals surface area (Å²) in [5.41, 5.74) is 1.71. The maximum atomic E-state index is 13.0. The monoisotopic (exact) mass is 438 g/mol. The van der Waals surface area contributed by atoms with Gasteiger partial charge in [0.15, 0.2) is 0 Å². The summed E-state index contributed by atoms with van der Waals surface area (Å²) in [6.07, 6.45) is 2.59. The SMILES string of the molecule is CC(C)C[C@@H](C=CC(=O)O)NC(=O)[C@H](Cc1ccccc1)NC(=O)OCc1ccccc1. The summed E-state index contributed by atoms with van der Waals surface area (Å²) in [5, 5.41) is 14.4. The van der Waals surface area contributed by atoms with Crippen molar-refractivity contribution in [1.29, 1.82) is 0 Å². The van der Waals surface area contributed by atoms with Gasteiger partial charge in [0.1, 0.15) is 12.6 Å². The molecule has 0 bridgehead atoms. The summed E-state index contributed by atoms with van der Waals surface area (Å²) in [6, 6.07) is 17.2. The number of hydrogen-bond donors (Lipinski definition) is 3. The first-order valence-electron chi connectivity index (χ1n) is 10.6. The minimum atomic E-state index is -1.09. The van der Waals surface area contributed by atoms with E-state index in [-0.39, 0.29) is 18.9 Å². The molecule has 0 fully saturated rings. The molecule has 7 nitrogen and oxygen atoms in total. The van der Waals surface area contributed by atoms with Crippen molar-refractivity contribution in [3.63, 3.8) is 0 Å². The molecule has 170 valence electrons.